The largest absolute Gasteiger partial charge is 0.357 e. The van der Waals surface area contributed by atoms with E-state index in [-0.39, 0.29) is 0 Å². The maximum atomic E-state index is 4.70. The molecule has 118 valence electrons. The number of aromatic nitrogens is 1. The summed E-state index contributed by atoms with van der Waals surface area (Å²) in [7, 11) is 0. The van der Waals surface area contributed by atoms with Crippen LogP contribution in [0.4, 0.5) is 5.82 Å². The van der Waals surface area contributed by atoms with Crippen molar-refractivity contribution in [2.75, 3.05) is 24.5 Å². The molecule has 0 spiro atoms. The predicted molar refractivity (Wildman–Crippen MR) is 90.8 cm³/mol. The van der Waals surface area contributed by atoms with Gasteiger partial charge in [0.05, 0.1) is 0 Å². The van der Waals surface area contributed by atoms with Gasteiger partial charge in [-0.25, -0.2) is 4.98 Å². The standard InChI is InChI=1S/C18H31N3/c1-4-7-16-8-6-12-21(13-11-16)18-10-9-17(14-20-18)15(3)19-5-2/h9-10,14-16,19H,4-8,11-13H2,1-3H3. The van der Waals surface area contributed by atoms with Gasteiger partial charge in [-0.05, 0) is 50.3 Å². The normalized spacial score (nSPS) is 21.1. The molecule has 3 heteroatoms. The molecule has 0 aromatic carbocycles. The smallest absolute Gasteiger partial charge is 0.128 e. The van der Waals surface area contributed by atoms with Crippen LogP contribution in [0.5, 0.6) is 0 Å². The molecule has 2 atom stereocenters. The summed E-state index contributed by atoms with van der Waals surface area (Å²) in [5.74, 6) is 2.08. The number of anilines is 1. The molecule has 1 aromatic heterocycles. The van der Waals surface area contributed by atoms with E-state index < -0.39 is 0 Å². The zero-order valence-corrected chi connectivity index (χ0v) is 13.9. The first-order chi connectivity index (χ1) is 10.2. The first-order valence-corrected chi connectivity index (χ1v) is 8.68. The Kier molecular flexibility index (Phi) is 6.50. The maximum Gasteiger partial charge on any atom is 0.128 e. The maximum absolute atomic E-state index is 4.70. The SMILES string of the molecule is CCCC1CCCN(c2ccc(C(C)NCC)cn2)CC1. The Balaban J connectivity index is 1.95. The summed E-state index contributed by atoms with van der Waals surface area (Å²) in [4.78, 5) is 7.17. The van der Waals surface area contributed by atoms with Crippen molar-refractivity contribution in [1.29, 1.82) is 0 Å². The van der Waals surface area contributed by atoms with Gasteiger partial charge < -0.3 is 10.2 Å². The Morgan fingerprint density at radius 3 is 2.81 bits per heavy atom. The predicted octanol–water partition coefficient (Wildman–Crippen LogP) is 4.16. The van der Waals surface area contributed by atoms with Crippen molar-refractivity contribution in [1.82, 2.24) is 10.3 Å². The van der Waals surface area contributed by atoms with Crippen molar-refractivity contribution in [2.24, 2.45) is 5.92 Å². The van der Waals surface area contributed by atoms with Crippen molar-refractivity contribution < 1.29 is 0 Å². The topological polar surface area (TPSA) is 28.2 Å². The van der Waals surface area contributed by atoms with E-state index >= 15 is 0 Å². The molecule has 1 fully saturated rings. The summed E-state index contributed by atoms with van der Waals surface area (Å²) in [6, 6.07) is 4.81. The van der Waals surface area contributed by atoms with Crippen LogP contribution >= 0.6 is 0 Å². The molecule has 1 N–H and O–H groups in total. The Hall–Kier alpha value is -1.09. The fraction of sp³-hybridized carbons (Fsp3) is 0.722. The number of hydrogen-bond donors (Lipinski definition) is 1. The molecular weight excluding hydrogens is 258 g/mol. The molecule has 1 saturated heterocycles. The third kappa shape index (κ3) is 4.70. The fourth-order valence-electron chi connectivity index (χ4n) is 3.36. The quantitative estimate of drug-likeness (QED) is 0.852. The van der Waals surface area contributed by atoms with Gasteiger partial charge in [0.15, 0.2) is 0 Å². The molecule has 0 bridgehead atoms. The third-order valence-corrected chi connectivity index (χ3v) is 4.65. The van der Waals surface area contributed by atoms with E-state index in [2.05, 4.69) is 43.1 Å². The highest BCUT2D eigenvalue weighted by Crippen LogP contribution is 2.25. The highest BCUT2D eigenvalue weighted by Gasteiger charge is 2.17. The average Bonchev–Trinajstić information content (AvgIpc) is 2.74. The van der Waals surface area contributed by atoms with E-state index in [0.717, 1.165) is 24.8 Å². The number of nitrogens with one attached hydrogen (secondary N) is 1. The lowest BCUT2D eigenvalue weighted by molar-refractivity contribution is 0.435. The molecule has 0 saturated carbocycles. The van der Waals surface area contributed by atoms with E-state index in [1.807, 2.05) is 6.20 Å². The van der Waals surface area contributed by atoms with E-state index in [4.69, 9.17) is 4.98 Å². The highest BCUT2D eigenvalue weighted by molar-refractivity contribution is 5.39. The first-order valence-electron chi connectivity index (χ1n) is 8.68. The Morgan fingerprint density at radius 2 is 2.14 bits per heavy atom. The zero-order valence-electron chi connectivity index (χ0n) is 13.9. The molecule has 1 aliphatic heterocycles. The van der Waals surface area contributed by atoms with Crippen LogP contribution in [0.25, 0.3) is 0 Å². The van der Waals surface area contributed by atoms with Gasteiger partial charge in [0, 0.05) is 25.3 Å². The molecule has 0 aliphatic carbocycles. The van der Waals surface area contributed by atoms with Gasteiger partial charge in [-0.1, -0.05) is 32.8 Å². The third-order valence-electron chi connectivity index (χ3n) is 4.65. The molecule has 0 radical (unpaired) electrons. The second-order valence-corrected chi connectivity index (χ2v) is 6.30. The minimum Gasteiger partial charge on any atom is -0.357 e. The van der Waals surface area contributed by atoms with Gasteiger partial charge in [-0.15, -0.1) is 0 Å². The summed E-state index contributed by atoms with van der Waals surface area (Å²) in [6.07, 6.45) is 8.77. The molecule has 1 aliphatic rings. The second kappa shape index (κ2) is 8.38. The van der Waals surface area contributed by atoms with Crippen LogP contribution in [-0.4, -0.2) is 24.6 Å². The molecule has 0 amide bonds. The van der Waals surface area contributed by atoms with Crippen LogP contribution in [0.3, 0.4) is 0 Å². The van der Waals surface area contributed by atoms with Crippen molar-refractivity contribution >= 4 is 5.82 Å². The molecule has 3 nitrogen and oxygen atoms in total. The summed E-state index contributed by atoms with van der Waals surface area (Å²) in [5, 5.41) is 3.44. The van der Waals surface area contributed by atoms with E-state index in [0.29, 0.717) is 6.04 Å². The van der Waals surface area contributed by atoms with Crippen LogP contribution in [0.15, 0.2) is 18.3 Å². The van der Waals surface area contributed by atoms with Crippen molar-refractivity contribution in [2.45, 2.75) is 58.9 Å². The monoisotopic (exact) mass is 289 g/mol. The van der Waals surface area contributed by atoms with Crippen LogP contribution in [0, 0.1) is 5.92 Å². The number of nitrogens with zero attached hydrogens (tertiary/aromatic N) is 2. The lowest BCUT2D eigenvalue weighted by Crippen LogP contribution is -2.25. The molecule has 21 heavy (non-hydrogen) atoms. The van der Waals surface area contributed by atoms with Gasteiger partial charge in [0.1, 0.15) is 5.82 Å². The molecule has 2 rings (SSSR count). The Morgan fingerprint density at radius 1 is 1.29 bits per heavy atom. The van der Waals surface area contributed by atoms with Crippen molar-refractivity contribution in [3.63, 3.8) is 0 Å². The van der Waals surface area contributed by atoms with E-state index in [1.165, 1.54) is 44.2 Å². The van der Waals surface area contributed by atoms with Crippen LogP contribution < -0.4 is 10.2 Å². The summed E-state index contributed by atoms with van der Waals surface area (Å²) in [5.41, 5.74) is 1.28. The van der Waals surface area contributed by atoms with Crippen LogP contribution in [0.1, 0.15) is 64.5 Å². The highest BCUT2D eigenvalue weighted by atomic mass is 15.2. The van der Waals surface area contributed by atoms with Crippen molar-refractivity contribution in [3.8, 4) is 0 Å². The van der Waals surface area contributed by atoms with Gasteiger partial charge in [0.25, 0.3) is 0 Å². The van der Waals surface area contributed by atoms with Gasteiger partial charge in [-0.2, -0.15) is 0 Å². The Bertz CT molecular complexity index is 401. The zero-order chi connectivity index (χ0) is 15.1. The van der Waals surface area contributed by atoms with E-state index in [1.54, 1.807) is 0 Å². The van der Waals surface area contributed by atoms with Crippen molar-refractivity contribution in [3.05, 3.63) is 23.9 Å². The Labute approximate surface area is 130 Å². The molecule has 1 aromatic rings. The van der Waals surface area contributed by atoms with Crippen LogP contribution in [0.2, 0.25) is 0 Å². The molecular formula is C18H31N3. The number of rotatable bonds is 6. The lowest BCUT2D eigenvalue weighted by atomic mass is 9.96. The van der Waals surface area contributed by atoms with Crippen LogP contribution in [-0.2, 0) is 0 Å². The molecule has 2 unspecified atom stereocenters. The lowest BCUT2D eigenvalue weighted by Gasteiger charge is -2.22. The average molecular weight is 289 g/mol. The summed E-state index contributed by atoms with van der Waals surface area (Å²) in [6.45, 7) is 9.96. The van der Waals surface area contributed by atoms with Gasteiger partial charge in [-0.3, -0.25) is 0 Å². The fourth-order valence-corrected chi connectivity index (χ4v) is 3.36. The summed E-state index contributed by atoms with van der Waals surface area (Å²) >= 11 is 0. The van der Waals surface area contributed by atoms with Gasteiger partial charge >= 0.3 is 0 Å². The molecule has 2 heterocycles. The summed E-state index contributed by atoms with van der Waals surface area (Å²) < 4.78 is 0. The first kappa shape index (κ1) is 16.3. The van der Waals surface area contributed by atoms with E-state index in [9.17, 15) is 0 Å². The van der Waals surface area contributed by atoms with Gasteiger partial charge in [0.2, 0.25) is 0 Å². The minimum absolute atomic E-state index is 0.384. The number of hydrogen-bond acceptors (Lipinski definition) is 3. The minimum atomic E-state index is 0.384. The number of pyridine rings is 1. The second-order valence-electron chi connectivity index (χ2n) is 6.30.